The van der Waals surface area contributed by atoms with Gasteiger partial charge in [-0.2, -0.15) is 0 Å². The maximum atomic E-state index is 12.2. The van der Waals surface area contributed by atoms with E-state index in [1.807, 2.05) is 19.1 Å². The summed E-state index contributed by atoms with van der Waals surface area (Å²) in [6.07, 6.45) is -1.03. The number of nitrogens with zero attached hydrogens (tertiary/aromatic N) is 2. The van der Waals surface area contributed by atoms with Crippen molar-refractivity contribution in [1.82, 2.24) is 9.97 Å². The number of aromatic nitrogens is 2. The van der Waals surface area contributed by atoms with Crippen LogP contribution in [0, 0.1) is 6.92 Å². The summed E-state index contributed by atoms with van der Waals surface area (Å²) in [6.45, 7) is 1.87. The zero-order chi connectivity index (χ0) is 20.1. The SMILES string of the molecule is Cc1ccc(Nc2ncc(-c3ccc(OC(F)(F)F)cc3)cn2)cc1NC=O. The second-order valence-electron chi connectivity index (χ2n) is 5.78. The Morgan fingerprint density at radius 2 is 1.68 bits per heavy atom. The number of hydrogen-bond acceptors (Lipinski definition) is 5. The molecule has 0 atom stereocenters. The molecule has 1 aromatic heterocycles. The first-order valence-electron chi connectivity index (χ1n) is 8.10. The smallest absolute Gasteiger partial charge is 0.406 e. The number of rotatable bonds is 6. The standard InChI is InChI=1S/C19H15F3N4O2/c1-12-2-5-15(8-17(12)25-11-27)26-18-23-9-14(10-24-18)13-3-6-16(7-4-13)28-19(20,21)22/h2-11H,1H3,(H,25,27)(H,23,24,26). The number of benzene rings is 2. The number of alkyl halides is 3. The van der Waals surface area contributed by atoms with Crippen LogP contribution in [0.25, 0.3) is 11.1 Å². The first-order chi connectivity index (χ1) is 13.3. The van der Waals surface area contributed by atoms with E-state index in [4.69, 9.17) is 0 Å². The Hall–Kier alpha value is -3.62. The number of carbonyl (C=O) groups is 1. The van der Waals surface area contributed by atoms with Gasteiger partial charge in [-0.25, -0.2) is 9.97 Å². The third-order valence-corrected chi connectivity index (χ3v) is 3.78. The first kappa shape index (κ1) is 19.2. The molecule has 0 aliphatic heterocycles. The Morgan fingerprint density at radius 3 is 2.29 bits per heavy atom. The van der Waals surface area contributed by atoms with Gasteiger partial charge in [-0.3, -0.25) is 4.79 Å². The van der Waals surface area contributed by atoms with Gasteiger partial charge in [0.2, 0.25) is 12.4 Å². The monoisotopic (exact) mass is 388 g/mol. The minimum absolute atomic E-state index is 0.297. The van der Waals surface area contributed by atoms with E-state index in [2.05, 4.69) is 25.3 Å². The highest BCUT2D eigenvalue weighted by molar-refractivity contribution is 5.76. The number of halogens is 3. The predicted molar refractivity (Wildman–Crippen MR) is 98.3 cm³/mol. The molecule has 0 spiro atoms. The highest BCUT2D eigenvalue weighted by Gasteiger charge is 2.30. The van der Waals surface area contributed by atoms with Crippen molar-refractivity contribution in [2.75, 3.05) is 10.6 Å². The molecule has 0 saturated heterocycles. The lowest BCUT2D eigenvalue weighted by Gasteiger charge is -2.10. The Bertz CT molecular complexity index is 958. The van der Waals surface area contributed by atoms with Crippen LogP contribution >= 0.6 is 0 Å². The zero-order valence-electron chi connectivity index (χ0n) is 14.6. The molecule has 0 fully saturated rings. The van der Waals surface area contributed by atoms with E-state index in [1.165, 1.54) is 24.3 Å². The molecule has 6 nitrogen and oxygen atoms in total. The van der Waals surface area contributed by atoms with Crippen LogP contribution in [0.1, 0.15) is 5.56 Å². The average molecular weight is 388 g/mol. The zero-order valence-corrected chi connectivity index (χ0v) is 14.6. The van der Waals surface area contributed by atoms with Gasteiger partial charge < -0.3 is 15.4 Å². The van der Waals surface area contributed by atoms with Crippen molar-refractivity contribution >= 4 is 23.7 Å². The topological polar surface area (TPSA) is 76.1 Å². The number of nitrogens with one attached hydrogen (secondary N) is 2. The fourth-order valence-electron chi connectivity index (χ4n) is 2.44. The summed E-state index contributed by atoms with van der Waals surface area (Å²) in [5.41, 5.74) is 3.55. The molecular formula is C19H15F3N4O2. The van der Waals surface area contributed by atoms with Crippen LogP contribution in [-0.4, -0.2) is 22.7 Å². The summed E-state index contributed by atoms with van der Waals surface area (Å²) in [7, 11) is 0. The molecule has 0 aliphatic carbocycles. The van der Waals surface area contributed by atoms with Gasteiger partial charge in [0.15, 0.2) is 0 Å². The summed E-state index contributed by atoms with van der Waals surface area (Å²) < 4.78 is 40.5. The van der Waals surface area contributed by atoms with Crippen LogP contribution in [0.3, 0.4) is 0 Å². The van der Waals surface area contributed by atoms with Crippen molar-refractivity contribution in [2.24, 2.45) is 0 Å². The third-order valence-electron chi connectivity index (χ3n) is 3.78. The van der Waals surface area contributed by atoms with Crippen LogP contribution in [0.15, 0.2) is 54.9 Å². The van der Waals surface area contributed by atoms with Crippen LogP contribution in [-0.2, 0) is 4.79 Å². The van der Waals surface area contributed by atoms with E-state index < -0.39 is 6.36 Å². The van der Waals surface area contributed by atoms with Gasteiger partial charge in [0.05, 0.1) is 0 Å². The van der Waals surface area contributed by atoms with Crippen LogP contribution in [0.4, 0.5) is 30.5 Å². The number of aryl methyl sites for hydroxylation is 1. The number of hydrogen-bond donors (Lipinski definition) is 2. The van der Waals surface area contributed by atoms with Crippen LogP contribution in [0.2, 0.25) is 0 Å². The van der Waals surface area contributed by atoms with Gasteiger partial charge >= 0.3 is 6.36 Å². The van der Waals surface area contributed by atoms with E-state index in [9.17, 15) is 18.0 Å². The quantitative estimate of drug-likeness (QED) is 0.601. The van der Waals surface area contributed by atoms with E-state index in [0.29, 0.717) is 34.9 Å². The Morgan fingerprint density at radius 1 is 1.00 bits per heavy atom. The fourth-order valence-corrected chi connectivity index (χ4v) is 2.44. The molecule has 0 radical (unpaired) electrons. The summed E-state index contributed by atoms with van der Waals surface area (Å²) >= 11 is 0. The molecular weight excluding hydrogens is 373 g/mol. The molecule has 0 unspecified atom stereocenters. The maximum Gasteiger partial charge on any atom is 0.573 e. The van der Waals surface area contributed by atoms with Crippen molar-refractivity contribution in [3.8, 4) is 16.9 Å². The van der Waals surface area contributed by atoms with E-state index in [-0.39, 0.29) is 5.75 Å². The number of carbonyl (C=O) groups excluding carboxylic acids is 1. The minimum atomic E-state index is -4.73. The van der Waals surface area contributed by atoms with Gasteiger partial charge in [0, 0.05) is 29.3 Å². The molecule has 0 saturated carbocycles. The van der Waals surface area contributed by atoms with Gasteiger partial charge in [-0.1, -0.05) is 18.2 Å². The van der Waals surface area contributed by atoms with E-state index in [1.54, 1.807) is 18.5 Å². The van der Waals surface area contributed by atoms with E-state index in [0.717, 1.165) is 5.56 Å². The van der Waals surface area contributed by atoms with Gasteiger partial charge in [-0.05, 0) is 42.3 Å². The molecule has 0 bridgehead atoms. The summed E-state index contributed by atoms with van der Waals surface area (Å²) in [6, 6.07) is 10.8. The van der Waals surface area contributed by atoms with Crippen molar-refractivity contribution < 1.29 is 22.7 Å². The fraction of sp³-hybridized carbons (Fsp3) is 0.105. The van der Waals surface area contributed by atoms with Crippen molar-refractivity contribution in [2.45, 2.75) is 13.3 Å². The minimum Gasteiger partial charge on any atom is -0.406 e. The molecule has 2 aromatic carbocycles. The second kappa shape index (κ2) is 7.95. The summed E-state index contributed by atoms with van der Waals surface area (Å²) in [5.74, 6) is 0.0382. The van der Waals surface area contributed by atoms with Crippen LogP contribution in [0.5, 0.6) is 5.75 Å². The lowest BCUT2D eigenvalue weighted by Crippen LogP contribution is -2.16. The van der Waals surface area contributed by atoms with Gasteiger partial charge in [0.25, 0.3) is 0 Å². The van der Waals surface area contributed by atoms with Crippen molar-refractivity contribution in [1.29, 1.82) is 0 Å². The molecule has 144 valence electrons. The average Bonchev–Trinajstić information content (AvgIpc) is 2.65. The third kappa shape index (κ3) is 4.97. The van der Waals surface area contributed by atoms with Gasteiger partial charge in [-0.15, -0.1) is 13.2 Å². The number of anilines is 3. The highest BCUT2D eigenvalue weighted by atomic mass is 19.4. The highest BCUT2D eigenvalue weighted by Crippen LogP contribution is 2.27. The molecule has 1 amide bonds. The first-order valence-corrected chi connectivity index (χ1v) is 8.10. The van der Waals surface area contributed by atoms with Crippen molar-refractivity contribution in [3.05, 3.63) is 60.4 Å². The molecule has 3 aromatic rings. The van der Waals surface area contributed by atoms with Gasteiger partial charge in [0.1, 0.15) is 5.75 Å². The lowest BCUT2D eigenvalue weighted by atomic mass is 10.1. The maximum absolute atomic E-state index is 12.2. The number of amides is 1. The predicted octanol–water partition coefficient (Wildman–Crippen LogP) is 4.66. The molecule has 2 N–H and O–H groups in total. The molecule has 3 rings (SSSR count). The molecule has 1 heterocycles. The summed E-state index contributed by atoms with van der Waals surface area (Å²) in [5, 5.41) is 5.63. The molecule has 9 heteroatoms. The Kier molecular flexibility index (Phi) is 5.44. The molecule has 28 heavy (non-hydrogen) atoms. The number of ether oxygens (including phenoxy) is 1. The molecule has 0 aliphatic rings. The second-order valence-corrected chi connectivity index (χ2v) is 5.78. The normalized spacial score (nSPS) is 11.0. The Labute approximate surface area is 158 Å². The van der Waals surface area contributed by atoms with Crippen LogP contribution < -0.4 is 15.4 Å². The summed E-state index contributed by atoms with van der Waals surface area (Å²) in [4.78, 5) is 19.1. The Balaban J connectivity index is 1.71. The lowest BCUT2D eigenvalue weighted by molar-refractivity contribution is -0.274. The van der Waals surface area contributed by atoms with E-state index >= 15 is 0 Å². The van der Waals surface area contributed by atoms with Crippen molar-refractivity contribution in [3.63, 3.8) is 0 Å². The largest absolute Gasteiger partial charge is 0.573 e.